The Hall–Kier alpha value is -1.10. The van der Waals surface area contributed by atoms with Crippen molar-refractivity contribution in [2.24, 2.45) is 5.92 Å². The van der Waals surface area contributed by atoms with E-state index < -0.39 is 11.2 Å². The Morgan fingerprint density at radius 2 is 2.00 bits per heavy atom. The van der Waals surface area contributed by atoms with Gasteiger partial charge in [-0.2, -0.15) is 0 Å². The molecular weight excluding hydrogens is 224 g/mol. The molecule has 1 aromatic heterocycles. The largest absolute Gasteiger partial charge is 0.480 e. The third kappa shape index (κ3) is 3.48. The fourth-order valence-electron chi connectivity index (χ4n) is 1.35. The highest BCUT2D eigenvalue weighted by Crippen LogP contribution is 2.27. The van der Waals surface area contributed by atoms with Crippen LogP contribution in [0.1, 0.15) is 25.4 Å². The first kappa shape index (κ1) is 13.0. The predicted octanol–water partition coefficient (Wildman–Crippen LogP) is 2.29. The lowest BCUT2D eigenvalue weighted by Gasteiger charge is -2.15. The van der Waals surface area contributed by atoms with Crippen LogP contribution in [0.4, 0.5) is 0 Å². The Morgan fingerprint density at radius 1 is 1.38 bits per heavy atom. The molecule has 88 valence electrons. The van der Waals surface area contributed by atoms with E-state index in [4.69, 9.17) is 5.11 Å². The quantitative estimate of drug-likeness (QED) is 0.646. The highest BCUT2D eigenvalue weighted by atomic mass is 32.2. The molecule has 0 saturated heterocycles. The van der Waals surface area contributed by atoms with E-state index in [-0.39, 0.29) is 5.92 Å². The van der Waals surface area contributed by atoms with E-state index in [0.29, 0.717) is 5.82 Å². The summed E-state index contributed by atoms with van der Waals surface area (Å²) in [7, 11) is 0. The zero-order chi connectivity index (χ0) is 12.3. The van der Waals surface area contributed by atoms with E-state index in [2.05, 4.69) is 9.97 Å². The van der Waals surface area contributed by atoms with Gasteiger partial charge in [-0.05, 0) is 25.8 Å². The number of carboxylic acids is 1. The van der Waals surface area contributed by atoms with Crippen molar-refractivity contribution in [1.29, 1.82) is 0 Å². The zero-order valence-electron chi connectivity index (χ0n) is 9.89. The van der Waals surface area contributed by atoms with Crippen LogP contribution < -0.4 is 0 Å². The molecule has 1 aromatic rings. The van der Waals surface area contributed by atoms with Gasteiger partial charge in [0.1, 0.15) is 16.1 Å². The molecule has 1 unspecified atom stereocenters. The second-order valence-electron chi connectivity index (χ2n) is 4.02. The molecule has 0 saturated carbocycles. The molecular formula is C11H16N2O2S. The van der Waals surface area contributed by atoms with Crippen molar-refractivity contribution < 1.29 is 9.90 Å². The number of nitrogens with zero attached hydrogens (tertiary/aromatic N) is 2. The van der Waals surface area contributed by atoms with E-state index in [0.717, 1.165) is 10.7 Å². The molecule has 0 aliphatic carbocycles. The maximum atomic E-state index is 11.1. The molecule has 1 rings (SSSR count). The second-order valence-corrected chi connectivity index (χ2v) is 5.18. The number of aliphatic carboxylic acids is 1. The van der Waals surface area contributed by atoms with Crippen molar-refractivity contribution in [3.05, 3.63) is 17.6 Å². The van der Waals surface area contributed by atoms with Gasteiger partial charge in [0, 0.05) is 5.69 Å². The van der Waals surface area contributed by atoms with Crippen LogP contribution in [0.2, 0.25) is 0 Å². The van der Waals surface area contributed by atoms with Crippen molar-refractivity contribution in [2.45, 2.75) is 38.0 Å². The Morgan fingerprint density at radius 3 is 2.44 bits per heavy atom. The number of rotatable bonds is 4. The van der Waals surface area contributed by atoms with Crippen LogP contribution in [-0.2, 0) is 4.79 Å². The number of carboxylic acid groups (broad SMARTS) is 1. The third-order valence-corrected chi connectivity index (χ3v) is 3.49. The van der Waals surface area contributed by atoms with Crippen molar-refractivity contribution in [3.8, 4) is 0 Å². The molecule has 0 amide bonds. The number of hydrogen-bond acceptors (Lipinski definition) is 4. The first-order valence-corrected chi connectivity index (χ1v) is 6.00. The van der Waals surface area contributed by atoms with Gasteiger partial charge in [0.25, 0.3) is 0 Å². The minimum atomic E-state index is -0.797. The molecule has 0 radical (unpaired) electrons. The normalized spacial score (nSPS) is 12.8. The van der Waals surface area contributed by atoms with Crippen molar-refractivity contribution in [2.75, 3.05) is 0 Å². The summed E-state index contributed by atoms with van der Waals surface area (Å²) in [4.78, 5) is 19.4. The molecule has 0 aliphatic heterocycles. The van der Waals surface area contributed by atoms with Crippen LogP contribution in [0.5, 0.6) is 0 Å². The minimum absolute atomic E-state index is 0.0677. The lowest BCUT2D eigenvalue weighted by Crippen LogP contribution is -2.22. The van der Waals surface area contributed by atoms with Gasteiger partial charge in [-0.1, -0.05) is 25.6 Å². The van der Waals surface area contributed by atoms with Gasteiger partial charge in [0.15, 0.2) is 0 Å². The van der Waals surface area contributed by atoms with Gasteiger partial charge in [-0.25, -0.2) is 9.97 Å². The van der Waals surface area contributed by atoms with Crippen LogP contribution in [0.3, 0.4) is 0 Å². The molecule has 0 bridgehead atoms. The van der Waals surface area contributed by atoms with Gasteiger partial charge >= 0.3 is 5.97 Å². The second kappa shape index (κ2) is 5.30. The van der Waals surface area contributed by atoms with Crippen LogP contribution >= 0.6 is 11.8 Å². The summed E-state index contributed by atoms with van der Waals surface area (Å²) in [5.74, 6) is -0.0533. The Labute approximate surface area is 99.5 Å². The molecule has 0 aromatic carbocycles. The molecule has 0 aliphatic rings. The van der Waals surface area contributed by atoms with Crippen LogP contribution in [0.25, 0.3) is 0 Å². The summed E-state index contributed by atoms with van der Waals surface area (Å²) < 4.78 is 0. The maximum absolute atomic E-state index is 11.1. The molecule has 1 heterocycles. The average Bonchev–Trinajstić information content (AvgIpc) is 2.11. The number of carbonyl (C=O) groups is 1. The minimum Gasteiger partial charge on any atom is -0.480 e. The van der Waals surface area contributed by atoms with E-state index >= 15 is 0 Å². The van der Waals surface area contributed by atoms with Crippen molar-refractivity contribution in [1.82, 2.24) is 9.97 Å². The molecule has 0 spiro atoms. The van der Waals surface area contributed by atoms with E-state index in [1.807, 2.05) is 33.8 Å². The third-order valence-electron chi connectivity index (χ3n) is 2.04. The number of aryl methyl sites for hydroxylation is 2. The van der Waals surface area contributed by atoms with Crippen LogP contribution in [0.15, 0.2) is 11.1 Å². The van der Waals surface area contributed by atoms with Gasteiger partial charge in [0.2, 0.25) is 0 Å². The first-order valence-electron chi connectivity index (χ1n) is 5.12. The van der Waals surface area contributed by atoms with E-state index in [1.54, 1.807) is 0 Å². The fraction of sp³-hybridized carbons (Fsp3) is 0.545. The summed E-state index contributed by atoms with van der Waals surface area (Å²) in [5.41, 5.74) is 0.864. The number of hydrogen-bond donors (Lipinski definition) is 1. The lowest BCUT2D eigenvalue weighted by molar-refractivity contribution is -0.137. The fourth-order valence-corrected chi connectivity index (χ4v) is 2.40. The molecule has 1 N–H and O–H groups in total. The smallest absolute Gasteiger partial charge is 0.317 e. The Balaban J connectivity index is 2.89. The predicted molar refractivity (Wildman–Crippen MR) is 63.6 cm³/mol. The molecule has 16 heavy (non-hydrogen) atoms. The summed E-state index contributed by atoms with van der Waals surface area (Å²) in [6, 6.07) is 1.82. The summed E-state index contributed by atoms with van der Waals surface area (Å²) in [6.07, 6.45) is 0. The topological polar surface area (TPSA) is 63.1 Å². The highest BCUT2D eigenvalue weighted by molar-refractivity contribution is 8.00. The Bertz CT molecular complexity index is 373. The summed E-state index contributed by atoms with van der Waals surface area (Å²) >= 11 is 1.28. The number of thioether (sulfide) groups is 1. The highest BCUT2D eigenvalue weighted by Gasteiger charge is 2.23. The van der Waals surface area contributed by atoms with Gasteiger partial charge in [0.05, 0.1) is 0 Å². The van der Waals surface area contributed by atoms with E-state index in [1.165, 1.54) is 11.8 Å². The van der Waals surface area contributed by atoms with Gasteiger partial charge < -0.3 is 5.11 Å². The SMILES string of the molecule is Cc1cc(SC(C(=O)O)C(C)C)nc(C)n1. The maximum Gasteiger partial charge on any atom is 0.317 e. The van der Waals surface area contributed by atoms with Crippen LogP contribution in [-0.4, -0.2) is 26.3 Å². The standard InChI is InChI=1S/C11H16N2O2S/c1-6(2)10(11(14)15)16-9-5-7(3)12-8(4)13-9/h5-6,10H,1-4H3,(H,14,15). The monoisotopic (exact) mass is 240 g/mol. The molecule has 5 heteroatoms. The number of aromatic nitrogens is 2. The van der Waals surface area contributed by atoms with E-state index in [9.17, 15) is 4.79 Å². The summed E-state index contributed by atoms with van der Waals surface area (Å²) in [5, 5.41) is 9.34. The summed E-state index contributed by atoms with van der Waals surface area (Å²) in [6.45, 7) is 7.48. The van der Waals surface area contributed by atoms with Gasteiger partial charge in [-0.15, -0.1) is 0 Å². The zero-order valence-corrected chi connectivity index (χ0v) is 10.7. The van der Waals surface area contributed by atoms with Gasteiger partial charge in [-0.3, -0.25) is 4.79 Å². The molecule has 0 fully saturated rings. The molecule has 4 nitrogen and oxygen atoms in total. The lowest BCUT2D eigenvalue weighted by atomic mass is 10.1. The Kier molecular flexibility index (Phi) is 4.29. The van der Waals surface area contributed by atoms with Crippen molar-refractivity contribution in [3.63, 3.8) is 0 Å². The molecule has 1 atom stereocenters. The van der Waals surface area contributed by atoms with Crippen LogP contribution in [0, 0.1) is 19.8 Å². The average molecular weight is 240 g/mol. The van der Waals surface area contributed by atoms with Crippen molar-refractivity contribution >= 4 is 17.7 Å². The first-order chi connectivity index (χ1) is 7.40.